The van der Waals surface area contributed by atoms with Gasteiger partial charge in [0.05, 0.1) is 17.9 Å². The maximum atomic E-state index is 14.7. The molecule has 3 N–H and O–H groups in total. The number of likely N-dealkylation sites (tertiary alicyclic amines) is 1. The Kier molecular flexibility index (Phi) is 7.22. The van der Waals surface area contributed by atoms with Crippen LogP contribution < -0.4 is 10.6 Å². The van der Waals surface area contributed by atoms with Gasteiger partial charge in [0.15, 0.2) is 17.7 Å². The van der Waals surface area contributed by atoms with Crippen molar-refractivity contribution in [3.05, 3.63) is 77.0 Å². The van der Waals surface area contributed by atoms with Crippen molar-refractivity contribution in [1.29, 1.82) is 0 Å². The minimum absolute atomic E-state index is 0.0216. The van der Waals surface area contributed by atoms with E-state index in [1.165, 1.54) is 17.0 Å². The van der Waals surface area contributed by atoms with Crippen molar-refractivity contribution in [2.24, 2.45) is 0 Å². The highest BCUT2D eigenvalue weighted by atomic mass is 19.4. The van der Waals surface area contributed by atoms with Gasteiger partial charge in [0.1, 0.15) is 17.2 Å². The maximum absolute atomic E-state index is 14.7. The molecule has 0 saturated carbocycles. The van der Waals surface area contributed by atoms with E-state index >= 15 is 0 Å². The number of nitrogens with zero attached hydrogens (tertiary/aromatic N) is 4. The van der Waals surface area contributed by atoms with E-state index < -0.39 is 59.3 Å². The number of benzene rings is 1. The number of pyridine rings is 1. The van der Waals surface area contributed by atoms with Crippen molar-refractivity contribution in [1.82, 2.24) is 24.8 Å². The van der Waals surface area contributed by atoms with Crippen LogP contribution in [0.4, 0.5) is 37.4 Å². The first-order valence-corrected chi connectivity index (χ1v) is 13.7. The zero-order valence-electron chi connectivity index (χ0n) is 22.6. The Labute approximate surface area is 241 Å². The summed E-state index contributed by atoms with van der Waals surface area (Å²) in [6, 6.07) is 5.74. The van der Waals surface area contributed by atoms with Crippen molar-refractivity contribution >= 4 is 17.9 Å². The number of urea groups is 1. The molecular formula is C28H27F5N6O4. The van der Waals surface area contributed by atoms with Crippen LogP contribution in [-0.2, 0) is 16.9 Å². The first-order valence-electron chi connectivity index (χ1n) is 13.7. The summed E-state index contributed by atoms with van der Waals surface area (Å²) in [6.07, 6.45) is -5.17. The molecule has 0 aliphatic carbocycles. The molecular weight excluding hydrogens is 579 g/mol. The number of aromatic nitrogens is 3. The predicted octanol–water partition coefficient (Wildman–Crippen LogP) is 5.03. The molecule has 2 aromatic heterocycles. The van der Waals surface area contributed by atoms with Gasteiger partial charge in [-0.25, -0.2) is 28.3 Å². The number of nitrogens with one attached hydrogen (secondary N) is 2. The number of aliphatic hydroxyl groups is 1. The summed E-state index contributed by atoms with van der Waals surface area (Å²) in [6.45, 7) is 0.178. The quantitative estimate of drug-likeness (QED) is 0.360. The van der Waals surface area contributed by atoms with Crippen molar-refractivity contribution < 1.29 is 41.4 Å². The Morgan fingerprint density at radius 2 is 1.91 bits per heavy atom. The summed E-state index contributed by atoms with van der Waals surface area (Å²) in [5, 5.41) is 15.5. The van der Waals surface area contributed by atoms with E-state index in [2.05, 4.69) is 20.6 Å². The van der Waals surface area contributed by atoms with Gasteiger partial charge in [0, 0.05) is 50.2 Å². The summed E-state index contributed by atoms with van der Waals surface area (Å²) in [4.78, 5) is 35.5. The van der Waals surface area contributed by atoms with E-state index in [9.17, 15) is 36.6 Å². The number of alkyl halides is 3. The van der Waals surface area contributed by atoms with Crippen molar-refractivity contribution in [3.8, 4) is 0 Å². The predicted molar refractivity (Wildman–Crippen MR) is 140 cm³/mol. The van der Waals surface area contributed by atoms with Gasteiger partial charge in [0.25, 0.3) is 0 Å². The standard InChI is InChI=1S/C28H27F5N6O4/c29-18-5-1-3-16(21(18)30)15-6-7-19(24-35-13-20(39(24)14-15)22(40)28(31,32)33)36-25(41)38-11-8-27(9-12-38)17-4-2-10-34-23(17)37-26(42)43-27/h1-5,10,13,15,19,22,40H,6-9,11-12,14H2,(H,36,41)(H,34,37,42)/t15-,19-,22?/m1/s1. The Hall–Kier alpha value is -4.27. The zero-order chi connectivity index (χ0) is 30.5. The van der Waals surface area contributed by atoms with E-state index in [1.807, 2.05) is 0 Å². The topological polar surface area (TPSA) is 122 Å². The molecule has 1 aromatic carbocycles. The number of rotatable bonds is 3. The number of carbonyl (C=O) groups is 2. The van der Waals surface area contributed by atoms with Gasteiger partial charge in [-0.05, 0) is 36.6 Å². The first-order chi connectivity index (χ1) is 20.5. The molecule has 3 aromatic rings. The molecule has 10 nitrogen and oxygen atoms in total. The van der Waals surface area contributed by atoms with Gasteiger partial charge in [0.2, 0.25) is 0 Å². The number of ether oxygens (including phenoxy) is 1. The van der Waals surface area contributed by atoms with Crippen LogP contribution in [0.15, 0.2) is 42.7 Å². The number of anilines is 1. The first kappa shape index (κ1) is 28.8. The lowest BCUT2D eigenvalue weighted by molar-refractivity contribution is -0.208. The van der Waals surface area contributed by atoms with E-state index in [1.54, 1.807) is 18.3 Å². The van der Waals surface area contributed by atoms with Gasteiger partial charge in [-0.15, -0.1) is 0 Å². The smallest absolute Gasteiger partial charge is 0.420 e. The summed E-state index contributed by atoms with van der Waals surface area (Å²) < 4.78 is 76.2. The summed E-state index contributed by atoms with van der Waals surface area (Å²) >= 11 is 0. The lowest BCUT2D eigenvalue weighted by Gasteiger charge is -2.43. The third kappa shape index (κ3) is 5.26. The molecule has 1 unspecified atom stereocenters. The second kappa shape index (κ2) is 10.8. The Balaban J connectivity index is 1.24. The minimum Gasteiger partial charge on any atom is -0.437 e. The van der Waals surface area contributed by atoms with Crippen LogP contribution in [0.2, 0.25) is 0 Å². The highest BCUT2D eigenvalue weighted by molar-refractivity contribution is 5.87. The number of halogens is 5. The van der Waals surface area contributed by atoms with E-state index in [4.69, 9.17) is 4.74 Å². The van der Waals surface area contributed by atoms with Crippen molar-refractivity contribution in [3.63, 3.8) is 0 Å². The van der Waals surface area contributed by atoms with Crippen molar-refractivity contribution in [2.45, 2.75) is 62.1 Å². The van der Waals surface area contributed by atoms with Crippen LogP contribution in [0.1, 0.15) is 66.4 Å². The second-order valence-corrected chi connectivity index (χ2v) is 10.9. The molecule has 6 rings (SSSR count). The molecule has 0 bridgehead atoms. The molecule has 5 heterocycles. The van der Waals surface area contributed by atoms with Gasteiger partial charge in [-0.2, -0.15) is 13.2 Å². The van der Waals surface area contributed by atoms with Gasteiger partial charge >= 0.3 is 18.3 Å². The largest absolute Gasteiger partial charge is 0.437 e. The Bertz CT molecular complexity index is 1550. The second-order valence-electron chi connectivity index (χ2n) is 10.9. The monoisotopic (exact) mass is 606 g/mol. The lowest BCUT2D eigenvalue weighted by Crippen LogP contribution is -2.52. The van der Waals surface area contributed by atoms with Crippen LogP contribution in [-0.4, -0.2) is 55.9 Å². The average molecular weight is 607 g/mol. The fraction of sp³-hybridized carbons (Fsp3) is 0.429. The van der Waals surface area contributed by atoms with Crippen molar-refractivity contribution in [2.75, 3.05) is 18.4 Å². The van der Waals surface area contributed by atoms with Crippen LogP contribution in [0.25, 0.3) is 0 Å². The van der Waals surface area contributed by atoms with Gasteiger partial charge in [-0.3, -0.25) is 5.32 Å². The van der Waals surface area contributed by atoms with Gasteiger partial charge in [-0.1, -0.05) is 12.1 Å². The molecule has 0 radical (unpaired) electrons. The molecule has 1 saturated heterocycles. The number of carbonyl (C=O) groups excluding carboxylic acids is 2. The van der Waals surface area contributed by atoms with E-state index in [0.29, 0.717) is 11.4 Å². The fourth-order valence-electron chi connectivity index (χ4n) is 6.21. The zero-order valence-corrected chi connectivity index (χ0v) is 22.6. The normalized spacial score (nSPS) is 22.1. The number of piperidine rings is 1. The lowest BCUT2D eigenvalue weighted by atomic mass is 9.83. The number of imidazole rings is 1. The minimum atomic E-state index is -5.00. The summed E-state index contributed by atoms with van der Waals surface area (Å²) in [5.41, 5.74) is -0.851. The third-order valence-corrected chi connectivity index (χ3v) is 8.41. The molecule has 3 aliphatic heterocycles. The summed E-state index contributed by atoms with van der Waals surface area (Å²) in [5.74, 6) is -2.50. The van der Waals surface area contributed by atoms with Crippen LogP contribution in [0.3, 0.4) is 0 Å². The highest BCUT2D eigenvalue weighted by Gasteiger charge is 2.46. The molecule has 3 atom stereocenters. The average Bonchev–Trinajstić information content (AvgIpc) is 3.30. The van der Waals surface area contributed by atoms with E-state index in [-0.39, 0.29) is 56.7 Å². The molecule has 3 amide bonds. The summed E-state index contributed by atoms with van der Waals surface area (Å²) in [7, 11) is 0. The van der Waals surface area contributed by atoms with Gasteiger partial charge < -0.3 is 24.6 Å². The molecule has 3 aliphatic rings. The molecule has 1 spiro atoms. The fourth-order valence-corrected chi connectivity index (χ4v) is 6.21. The molecule has 228 valence electrons. The number of aliphatic hydroxyl groups excluding tert-OH is 1. The molecule has 1 fully saturated rings. The third-order valence-electron chi connectivity index (χ3n) is 8.41. The highest BCUT2D eigenvalue weighted by Crippen LogP contribution is 2.43. The van der Waals surface area contributed by atoms with Crippen LogP contribution >= 0.6 is 0 Å². The maximum Gasteiger partial charge on any atom is 0.420 e. The van der Waals surface area contributed by atoms with E-state index in [0.717, 1.165) is 16.8 Å². The van der Waals surface area contributed by atoms with Crippen LogP contribution in [0, 0.1) is 11.6 Å². The van der Waals surface area contributed by atoms with Crippen LogP contribution in [0.5, 0.6) is 0 Å². The number of hydrogen-bond acceptors (Lipinski definition) is 6. The Morgan fingerprint density at radius 3 is 2.65 bits per heavy atom. The Morgan fingerprint density at radius 1 is 1.14 bits per heavy atom. The molecule has 43 heavy (non-hydrogen) atoms. The SMILES string of the molecule is O=C1Nc2ncccc2C2(CCN(C(=O)N[C@@H]3CC[C@@H](c4cccc(F)c4F)Cn4c(C(O)C(F)(F)F)cnc43)CC2)O1. The molecule has 15 heteroatoms. The number of amides is 3. The number of hydrogen-bond donors (Lipinski definition) is 3. The number of fused-ring (bicyclic) bond motifs is 3.